The number of carbonyl (C=O) groups is 1. The molecule has 2 amide bonds. The number of aromatic nitrogens is 5. The van der Waals surface area contributed by atoms with Crippen molar-refractivity contribution in [3.63, 3.8) is 0 Å². The lowest BCUT2D eigenvalue weighted by Gasteiger charge is -2.22. The molecule has 0 fully saturated rings. The lowest BCUT2D eigenvalue weighted by molar-refractivity contribution is 0.235. The van der Waals surface area contributed by atoms with Crippen LogP contribution >= 0.6 is 0 Å². The molecule has 1 aliphatic rings. The Hall–Kier alpha value is -3.16. The standard InChI is InChI=1S/C21H27N7O/c1-14(2)20-15(13-28(25-20)17-7-5-4-6-8-17)12-22-21(29)23-16-9-10-19-18(11-16)24-26-27(19)3/h4-8,13-14,16H,9-12H2,1-3H3,(H2,22,23,29). The Morgan fingerprint density at radius 1 is 1.28 bits per heavy atom. The molecule has 8 nitrogen and oxygen atoms in total. The molecule has 0 saturated carbocycles. The second-order valence-corrected chi connectivity index (χ2v) is 7.85. The zero-order valence-electron chi connectivity index (χ0n) is 17.1. The maximum Gasteiger partial charge on any atom is 0.315 e. The van der Waals surface area contributed by atoms with Crippen molar-refractivity contribution in [1.29, 1.82) is 0 Å². The van der Waals surface area contributed by atoms with Crippen molar-refractivity contribution in [2.75, 3.05) is 0 Å². The molecule has 152 valence electrons. The molecule has 2 N–H and O–H groups in total. The molecule has 0 radical (unpaired) electrons. The molecule has 29 heavy (non-hydrogen) atoms. The van der Waals surface area contributed by atoms with E-state index in [0.717, 1.165) is 41.9 Å². The number of rotatable bonds is 5. The van der Waals surface area contributed by atoms with Gasteiger partial charge >= 0.3 is 6.03 Å². The molecule has 8 heteroatoms. The summed E-state index contributed by atoms with van der Waals surface area (Å²) in [6, 6.07) is 9.92. The Labute approximate surface area is 170 Å². The number of hydrogen-bond donors (Lipinski definition) is 2. The third-order valence-corrected chi connectivity index (χ3v) is 5.36. The van der Waals surface area contributed by atoms with Gasteiger partial charge in [-0.1, -0.05) is 37.3 Å². The van der Waals surface area contributed by atoms with Gasteiger partial charge in [0.15, 0.2) is 0 Å². The Morgan fingerprint density at radius 2 is 2.07 bits per heavy atom. The fourth-order valence-electron chi connectivity index (χ4n) is 3.82. The van der Waals surface area contributed by atoms with Crippen LogP contribution < -0.4 is 10.6 Å². The van der Waals surface area contributed by atoms with Crippen molar-refractivity contribution >= 4 is 6.03 Å². The number of benzene rings is 1. The fraction of sp³-hybridized carbons (Fsp3) is 0.429. The third-order valence-electron chi connectivity index (χ3n) is 5.36. The highest BCUT2D eigenvalue weighted by atomic mass is 16.2. The van der Waals surface area contributed by atoms with Crippen LogP contribution in [0.4, 0.5) is 4.79 Å². The van der Waals surface area contributed by atoms with Crippen molar-refractivity contribution in [3.8, 4) is 5.69 Å². The normalized spacial score (nSPS) is 15.9. The van der Waals surface area contributed by atoms with E-state index < -0.39 is 0 Å². The molecule has 0 spiro atoms. The summed E-state index contributed by atoms with van der Waals surface area (Å²) in [6.45, 7) is 4.67. The van der Waals surface area contributed by atoms with E-state index in [-0.39, 0.29) is 18.0 Å². The van der Waals surface area contributed by atoms with E-state index in [1.807, 2.05) is 52.9 Å². The molecule has 2 heterocycles. The highest BCUT2D eigenvalue weighted by Gasteiger charge is 2.24. The van der Waals surface area contributed by atoms with Crippen molar-refractivity contribution in [2.24, 2.45) is 7.05 Å². The van der Waals surface area contributed by atoms with Crippen LogP contribution in [0.25, 0.3) is 5.69 Å². The summed E-state index contributed by atoms with van der Waals surface area (Å²) < 4.78 is 3.70. The molecule has 1 unspecified atom stereocenters. The highest BCUT2D eigenvalue weighted by Crippen LogP contribution is 2.20. The molecule has 0 bridgehead atoms. The average Bonchev–Trinajstić information content (AvgIpc) is 3.31. The van der Waals surface area contributed by atoms with Gasteiger partial charge in [0.05, 0.1) is 22.8 Å². The van der Waals surface area contributed by atoms with Gasteiger partial charge in [0, 0.05) is 37.8 Å². The smallest absolute Gasteiger partial charge is 0.315 e. The SMILES string of the molecule is CC(C)c1nn(-c2ccccc2)cc1CNC(=O)NC1CCc2c(nnn2C)C1. The van der Waals surface area contributed by atoms with Gasteiger partial charge in [-0.05, 0) is 30.9 Å². The van der Waals surface area contributed by atoms with Crippen LogP contribution in [0, 0.1) is 0 Å². The van der Waals surface area contributed by atoms with E-state index in [1.54, 1.807) is 0 Å². The summed E-state index contributed by atoms with van der Waals surface area (Å²) in [5.74, 6) is 0.272. The maximum atomic E-state index is 12.5. The van der Waals surface area contributed by atoms with Crippen molar-refractivity contribution in [3.05, 3.63) is 59.2 Å². The Balaban J connectivity index is 1.38. The summed E-state index contributed by atoms with van der Waals surface area (Å²) in [5.41, 5.74) is 5.18. The predicted molar refractivity (Wildman–Crippen MR) is 110 cm³/mol. The first-order chi connectivity index (χ1) is 14.0. The number of aryl methyl sites for hydroxylation is 1. The van der Waals surface area contributed by atoms with Crippen LogP contribution in [0.2, 0.25) is 0 Å². The molecule has 2 aromatic heterocycles. The van der Waals surface area contributed by atoms with Gasteiger partial charge < -0.3 is 10.6 Å². The summed E-state index contributed by atoms with van der Waals surface area (Å²) in [6.07, 6.45) is 4.49. The van der Waals surface area contributed by atoms with Crippen LogP contribution in [-0.2, 0) is 26.4 Å². The number of nitrogens with one attached hydrogen (secondary N) is 2. The summed E-state index contributed by atoms with van der Waals surface area (Å²) in [7, 11) is 1.91. The molecule has 3 aromatic rings. The monoisotopic (exact) mass is 393 g/mol. The summed E-state index contributed by atoms with van der Waals surface area (Å²) in [4.78, 5) is 12.5. The second-order valence-electron chi connectivity index (χ2n) is 7.85. The van der Waals surface area contributed by atoms with Gasteiger partial charge in [-0.3, -0.25) is 4.68 Å². The Kier molecular flexibility index (Phi) is 5.33. The van der Waals surface area contributed by atoms with Gasteiger partial charge in [-0.25, -0.2) is 9.48 Å². The average molecular weight is 393 g/mol. The van der Waals surface area contributed by atoms with E-state index >= 15 is 0 Å². The zero-order valence-corrected chi connectivity index (χ0v) is 17.1. The first-order valence-corrected chi connectivity index (χ1v) is 10.1. The van der Waals surface area contributed by atoms with Gasteiger partial charge in [-0.2, -0.15) is 5.10 Å². The largest absolute Gasteiger partial charge is 0.335 e. The van der Waals surface area contributed by atoms with E-state index in [2.05, 4.69) is 34.8 Å². The molecule has 1 aliphatic carbocycles. The lowest BCUT2D eigenvalue weighted by Crippen LogP contribution is -2.44. The van der Waals surface area contributed by atoms with Crippen molar-refractivity contribution in [1.82, 2.24) is 35.4 Å². The molecule has 0 aliphatic heterocycles. The Bertz CT molecular complexity index is 990. The molecule has 1 atom stereocenters. The van der Waals surface area contributed by atoms with E-state index in [9.17, 15) is 4.79 Å². The van der Waals surface area contributed by atoms with Crippen molar-refractivity contribution < 1.29 is 4.79 Å². The van der Waals surface area contributed by atoms with E-state index in [4.69, 9.17) is 5.10 Å². The number of carbonyl (C=O) groups excluding carboxylic acids is 1. The number of para-hydroxylation sites is 1. The van der Waals surface area contributed by atoms with Gasteiger partial charge in [-0.15, -0.1) is 5.10 Å². The fourth-order valence-corrected chi connectivity index (χ4v) is 3.82. The molecular formula is C21H27N7O. The molecule has 0 saturated heterocycles. The minimum atomic E-state index is -0.162. The van der Waals surface area contributed by atoms with Gasteiger partial charge in [0.25, 0.3) is 0 Å². The van der Waals surface area contributed by atoms with Crippen LogP contribution in [-0.4, -0.2) is 36.8 Å². The van der Waals surface area contributed by atoms with Gasteiger partial charge in [0.2, 0.25) is 0 Å². The zero-order chi connectivity index (χ0) is 20.4. The number of fused-ring (bicyclic) bond motifs is 1. The topological polar surface area (TPSA) is 89.7 Å². The minimum absolute atomic E-state index is 0.0795. The highest BCUT2D eigenvalue weighted by molar-refractivity contribution is 5.74. The summed E-state index contributed by atoms with van der Waals surface area (Å²) >= 11 is 0. The third kappa shape index (κ3) is 4.16. The number of nitrogens with zero attached hydrogens (tertiary/aromatic N) is 5. The number of hydrogen-bond acceptors (Lipinski definition) is 4. The summed E-state index contributed by atoms with van der Waals surface area (Å²) in [5, 5.41) is 19.1. The van der Waals surface area contributed by atoms with Crippen LogP contribution in [0.5, 0.6) is 0 Å². The molecular weight excluding hydrogens is 366 g/mol. The number of urea groups is 1. The van der Waals surface area contributed by atoms with Gasteiger partial charge in [0.1, 0.15) is 0 Å². The lowest BCUT2D eigenvalue weighted by atomic mass is 9.96. The maximum absolute atomic E-state index is 12.5. The van der Waals surface area contributed by atoms with E-state index in [0.29, 0.717) is 6.54 Å². The van der Waals surface area contributed by atoms with Crippen LogP contribution in [0.15, 0.2) is 36.5 Å². The van der Waals surface area contributed by atoms with E-state index in [1.165, 1.54) is 5.69 Å². The first-order valence-electron chi connectivity index (χ1n) is 10.1. The molecule has 1 aromatic carbocycles. The Morgan fingerprint density at radius 3 is 2.83 bits per heavy atom. The minimum Gasteiger partial charge on any atom is -0.335 e. The molecule has 4 rings (SSSR count). The quantitative estimate of drug-likeness (QED) is 0.697. The predicted octanol–water partition coefficient (Wildman–Crippen LogP) is 2.48. The van der Waals surface area contributed by atoms with Crippen molar-refractivity contribution in [2.45, 2.75) is 51.6 Å². The van der Waals surface area contributed by atoms with Crippen LogP contribution in [0.1, 0.15) is 48.8 Å². The second kappa shape index (κ2) is 8.06. The first kappa shape index (κ1) is 19.2. The number of amides is 2. The van der Waals surface area contributed by atoms with Crippen LogP contribution in [0.3, 0.4) is 0 Å².